The normalized spacial score (nSPS) is 13.4. The van der Waals surface area contributed by atoms with Gasteiger partial charge in [0, 0.05) is 18.8 Å². The van der Waals surface area contributed by atoms with E-state index in [4.69, 9.17) is 4.98 Å². The molecule has 5 rings (SSSR count). The second-order valence-electron chi connectivity index (χ2n) is 8.12. The molecule has 3 heterocycles. The van der Waals surface area contributed by atoms with Gasteiger partial charge < -0.3 is 4.57 Å². The summed E-state index contributed by atoms with van der Waals surface area (Å²) in [5.41, 5.74) is 4.82. The Balaban J connectivity index is 1.85. The summed E-state index contributed by atoms with van der Waals surface area (Å²) in [4.78, 5) is 9.29. The number of aromatic nitrogens is 6. The van der Waals surface area contributed by atoms with Gasteiger partial charge >= 0.3 is 0 Å². The van der Waals surface area contributed by atoms with E-state index >= 15 is 4.39 Å². The van der Waals surface area contributed by atoms with Crippen LogP contribution in [0.2, 0.25) is 0 Å². The molecule has 0 aliphatic carbocycles. The van der Waals surface area contributed by atoms with Crippen LogP contribution in [0.3, 0.4) is 0 Å². The summed E-state index contributed by atoms with van der Waals surface area (Å²) in [6, 6.07) is 19.0. The quantitative estimate of drug-likeness (QED) is 0.414. The van der Waals surface area contributed by atoms with Gasteiger partial charge in [-0.3, -0.25) is 4.98 Å². The number of halogens is 1. The molecule has 32 heavy (non-hydrogen) atoms. The van der Waals surface area contributed by atoms with Crippen LogP contribution in [-0.4, -0.2) is 29.5 Å². The summed E-state index contributed by atoms with van der Waals surface area (Å²) in [6.45, 7) is 5.87. The minimum Gasteiger partial charge on any atom is -0.312 e. The van der Waals surface area contributed by atoms with Crippen LogP contribution < -0.4 is 0 Å². The lowest BCUT2D eigenvalue weighted by Gasteiger charge is -2.33. The highest BCUT2D eigenvalue weighted by Crippen LogP contribution is 2.38. The van der Waals surface area contributed by atoms with Gasteiger partial charge in [-0.25, -0.2) is 14.1 Å². The largest absolute Gasteiger partial charge is 0.312 e. The minimum absolute atomic E-state index is 0.345. The number of nitrogens with zero attached hydrogens (tertiary/aromatic N) is 6. The smallest absolute Gasteiger partial charge is 0.147 e. The zero-order chi connectivity index (χ0) is 22.5. The summed E-state index contributed by atoms with van der Waals surface area (Å²) in [6.07, 6.45) is 1.63. The predicted molar refractivity (Wildman–Crippen MR) is 122 cm³/mol. The molecule has 0 saturated heterocycles. The van der Waals surface area contributed by atoms with Gasteiger partial charge in [0.1, 0.15) is 22.9 Å². The first kappa shape index (κ1) is 20.1. The molecule has 0 spiro atoms. The lowest BCUT2D eigenvalue weighted by Crippen LogP contribution is -2.35. The third kappa shape index (κ3) is 2.92. The summed E-state index contributed by atoms with van der Waals surface area (Å²) < 4.78 is 19.0. The fourth-order valence-corrected chi connectivity index (χ4v) is 4.64. The minimum atomic E-state index is -0.913. The Morgan fingerprint density at radius 1 is 0.969 bits per heavy atom. The maximum absolute atomic E-state index is 15.2. The number of hydrogen-bond donors (Lipinski definition) is 0. The van der Waals surface area contributed by atoms with Gasteiger partial charge in [-0.2, -0.15) is 0 Å². The van der Waals surface area contributed by atoms with E-state index in [0.29, 0.717) is 5.69 Å². The Bertz CT molecular complexity index is 1420. The fourth-order valence-electron chi connectivity index (χ4n) is 4.64. The average Bonchev–Trinajstić information content (AvgIpc) is 3.31. The Labute approximate surface area is 185 Å². The van der Waals surface area contributed by atoms with Gasteiger partial charge in [-0.1, -0.05) is 41.6 Å². The molecule has 5 aromatic rings. The molecule has 3 aromatic heterocycles. The molecule has 2 aromatic carbocycles. The fraction of sp³-hybridized carbons (Fsp3) is 0.200. The summed E-state index contributed by atoms with van der Waals surface area (Å²) in [5.74, 6) is 0.413. The Kier molecular flexibility index (Phi) is 4.62. The van der Waals surface area contributed by atoms with Gasteiger partial charge in [0.15, 0.2) is 0 Å². The molecular formula is C25H23FN6. The van der Waals surface area contributed by atoms with Crippen LogP contribution in [0.4, 0.5) is 4.39 Å². The number of imidazole rings is 1. The molecule has 0 unspecified atom stereocenters. The lowest BCUT2D eigenvalue weighted by atomic mass is 9.86. The number of aryl methyl sites for hydroxylation is 3. The van der Waals surface area contributed by atoms with Crippen molar-refractivity contribution >= 4 is 11.0 Å². The third-order valence-corrected chi connectivity index (χ3v) is 6.09. The van der Waals surface area contributed by atoms with Crippen molar-refractivity contribution in [3.05, 3.63) is 95.5 Å². The zero-order valence-corrected chi connectivity index (χ0v) is 18.4. The van der Waals surface area contributed by atoms with Crippen molar-refractivity contribution in [3.8, 4) is 11.3 Å². The predicted octanol–water partition coefficient (Wildman–Crippen LogP) is 4.79. The summed E-state index contributed by atoms with van der Waals surface area (Å²) >= 11 is 0. The second kappa shape index (κ2) is 7.37. The van der Waals surface area contributed by atoms with Crippen LogP contribution in [0.25, 0.3) is 22.3 Å². The van der Waals surface area contributed by atoms with Gasteiger partial charge in [-0.05, 0) is 50.6 Å². The van der Waals surface area contributed by atoms with Crippen molar-refractivity contribution < 1.29 is 4.39 Å². The molecule has 6 nitrogen and oxygen atoms in total. The highest BCUT2D eigenvalue weighted by atomic mass is 19.1. The van der Waals surface area contributed by atoms with Crippen molar-refractivity contribution in [1.82, 2.24) is 29.5 Å². The molecule has 0 aliphatic rings. The Morgan fingerprint density at radius 2 is 1.75 bits per heavy atom. The maximum atomic E-state index is 15.2. The van der Waals surface area contributed by atoms with E-state index < -0.39 is 5.54 Å². The number of pyridine rings is 1. The Morgan fingerprint density at radius 3 is 2.44 bits per heavy atom. The molecule has 0 bridgehead atoms. The first-order valence-corrected chi connectivity index (χ1v) is 10.4. The van der Waals surface area contributed by atoms with Gasteiger partial charge in [-0.15, -0.1) is 5.10 Å². The van der Waals surface area contributed by atoms with E-state index in [1.54, 1.807) is 16.9 Å². The third-order valence-electron chi connectivity index (χ3n) is 6.09. The van der Waals surface area contributed by atoms with E-state index in [0.717, 1.165) is 39.4 Å². The molecular weight excluding hydrogens is 403 g/mol. The second-order valence-corrected chi connectivity index (χ2v) is 8.12. The van der Waals surface area contributed by atoms with Crippen molar-refractivity contribution in [2.75, 3.05) is 0 Å². The topological polar surface area (TPSA) is 61.4 Å². The van der Waals surface area contributed by atoms with Crippen LogP contribution in [0.1, 0.15) is 29.7 Å². The van der Waals surface area contributed by atoms with Crippen molar-refractivity contribution in [1.29, 1.82) is 0 Å². The highest BCUT2D eigenvalue weighted by Gasteiger charge is 2.37. The van der Waals surface area contributed by atoms with Crippen LogP contribution in [-0.2, 0) is 12.6 Å². The SMILES string of the molecule is Cc1nnn(C)c1-c1ccc2nc(C)n([C@](C)(c3ccccc3)c3ncccc3F)c2c1. The number of benzene rings is 2. The van der Waals surface area contributed by atoms with E-state index in [1.165, 1.54) is 6.07 Å². The van der Waals surface area contributed by atoms with Crippen molar-refractivity contribution in [2.24, 2.45) is 7.05 Å². The molecule has 0 aliphatic heterocycles. The molecule has 0 amide bonds. The van der Waals surface area contributed by atoms with Crippen LogP contribution in [0.15, 0.2) is 66.9 Å². The van der Waals surface area contributed by atoms with E-state index in [9.17, 15) is 0 Å². The number of rotatable bonds is 4. The first-order valence-electron chi connectivity index (χ1n) is 10.4. The van der Waals surface area contributed by atoms with Crippen LogP contribution in [0.5, 0.6) is 0 Å². The Hall–Kier alpha value is -3.87. The number of fused-ring (bicyclic) bond motifs is 1. The van der Waals surface area contributed by atoms with E-state index in [-0.39, 0.29) is 5.82 Å². The van der Waals surface area contributed by atoms with E-state index in [1.807, 2.05) is 70.3 Å². The molecule has 1 atom stereocenters. The van der Waals surface area contributed by atoms with E-state index in [2.05, 4.69) is 25.9 Å². The van der Waals surface area contributed by atoms with Crippen molar-refractivity contribution in [2.45, 2.75) is 26.3 Å². The van der Waals surface area contributed by atoms with Gasteiger partial charge in [0.2, 0.25) is 0 Å². The maximum Gasteiger partial charge on any atom is 0.147 e. The first-order chi connectivity index (χ1) is 15.4. The van der Waals surface area contributed by atoms with Crippen LogP contribution in [0, 0.1) is 19.7 Å². The monoisotopic (exact) mass is 426 g/mol. The van der Waals surface area contributed by atoms with Gasteiger partial charge in [0.05, 0.1) is 22.4 Å². The molecule has 7 heteroatoms. The highest BCUT2D eigenvalue weighted by molar-refractivity contribution is 5.83. The molecule has 0 radical (unpaired) electrons. The standard InChI is InChI=1S/C25H23FN6/c1-16-23(31(4)30-29-16)18-12-13-21-22(15-18)32(17(2)28-21)25(3,19-9-6-5-7-10-19)24-20(26)11-8-14-27-24/h5-15H,1-4H3/t25-/m1/s1. The molecule has 160 valence electrons. The summed E-state index contributed by atoms with van der Waals surface area (Å²) in [5, 5.41) is 8.33. The van der Waals surface area contributed by atoms with Crippen LogP contribution >= 0.6 is 0 Å². The lowest BCUT2D eigenvalue weighted by molar-refractivity contribution is 0.433. The number of hydrogen-bond acceptors (Lipinski definition) is 4. The summed E-state index contributed by atoms with van der Waals surface area (Å²) in [7, 11) is 1.87. The zero-order valence-electron chi connectivity index (χ0n) is 18.4. The molecule has 0 N–H and O–H groups in total. The molecule has 0 fully saturated rings. The average molecular weight is 426 g/mol. The van der Waals surface area contributed by atoms with Gasteiger partial charge in [0.25, 0.3) is 0 Å². The van der Waals surface area contributed by atoms with Crippen molar-refractivity contribution in [3.63, 3.8) is 0 Å². The molecule has 0 saturated carbocycles.